The Morgan fingerprint density at radius 1 is 1.16 bits per heavy atom. The van der Waals surface area contributed by atoms with Gasteiger partial charge >= 0.3 is 0 Å². The first-order valence-corrected chi connectivity index (χ1v) is 11.6. The molecule has 3 unspecified atom stereocenters. The average Bonchev–Trinajstić information content (AvgIpc) is 2.76. The third-order valence-electron chi connectivity index (χ3n) is 6.14. The standard InChI is InChI=1S/C25H31ClN2O2.CH4O/c1-5-6-11-21(15(2)3)28-23(19-13-12-16(4)14-20(19)26)22(24(27)29)17-9-7-8-10-18(17)25(28)30;1-2/h7-10,12-15,21-23H,5-6,11H2,1-4H3,(H2,27,29);2H,1H3. The quantitative estimate of drug-likeness (QED) is 0.595. The number of nitrogens with zero attached hydrogens (tertiary/aromatic N) is 1. The van der Waals surface area contributed by atoms with Crippen LogP contribution in [0.4, 0.5) is 0 Å². The number of aliphatic hydroxyl groups excluding tert-OH is 1. The van der Waals surface area contributed by atoms with Crippen molar-refractivity contribution in [3.8, 4) is 0 Å². The number of fused-ring (bicyclic) bond motifs is 1. The molecule has 6 heteroatoms. The van der Waals surface area contributed by atoms with E-state index < -0.39 is 17.9 Å². The zero-order valence-electron chi connectivity index (χ0n) is 19.6. The average molecular weight is 459 g/mol. The number of aliphatic hydroxyl groups is 1. The highest BCUT2D eigenvalue weighted by Crippen LogP contribution is 2.46. The van der Waals surface area contributed by atoms with Gasteiger partial charge in [0.25, 0.3) is 5.91 Å². The maximum absolute atomic E-state index is 13.8. The molecule has 0 bridgehead atoms. The Morgan fingerprint density at radius 2 is 1.81 bits per heavy atom. The Labute approximate surface area is 196 Å². The van der Waals surface area contributed by atoms with Gasteiger partial charge in [-0.25, -0.2) is 0 Å². The van der Waals surface area contributed by atoms with Crippen LogP contribution >= 0.6 is 11.6 Å². The van der Waals surface area contributed by atoms with Crippen molar-refractivity contribution < 1.29 is 14.7 Å². The molecule has 3 atom stereocenters. The summed E-state index contributed by atoms with van der Waals surface area (Å²) in [6.45, 7) is 8.37. The third kappa shape index (κ3) is 5.16. The summed E-state index contributed by atoms with van der Waals surface area (Å²) in [7, 11) is 1.00. The Balaban J connectivity index is 0.00000176. The number of nitrogens with two attached hydrogens (primary N) is 1. The summed E-state index contributed by atoms with van der Waals surface area (Å²) in [4.78, 5) is 28.5. The predicted molar refractivity (Wildman–Crippen MR) is 130 cm³/mol. The maximum atomic E-state index is 13.8. The second-order valence-corrected chi connectivity index (χ2v) is 9.01. The molecular formula is C26H35ClN2O3. The van der Waals surface area contributed by atoms with E-state index in [4.69, 9.17) is 22.4 Å². The molecule has 0 spiro atoms. The van der Waals surface area contributed by atoms with E-state index in [1.54, 1.807) is 6.07 Å². The van der Waals surface area contributed by atoms with Crippen molar-refractivity contribution in [2.45, 2.75) is 65.0 Å². The van der Waals surface area contributed by atoms with Crippen molar-refractivity contribution >= 4 is 23.4 Å². The Hall–Kier alpha value is -2.37. The number of hydrogen-bond acceptors (Lipinski definition) is 3. The van der Waals surface area contributed by atoms with Crippen LogP contribution in [0, 0.1) is 12.8 Å². The monoisotopic (exact) mass is 458 g/mol. The molecule has 0 saturated carbocycles. The number of benzene rings is 2. The first kappa shape index (κ1) is 25.9. The van der Waals surface area contributed by atoms with Crippen LogP contribution in [0.3, 0.4) is 0 Å². The molecule has 1 heterocycles. The van der Waals surface area contributed by atoms with E-state index in [2.05, 4.69) is 20.8 Å². The fourth-order valence-electron chi connectivity index (χ4n) is 4.63. The van der Waals surface area contributed by atoms with Crippen LogP contribution in [0.5, 0.6) is 0 Å². The largest absolute Gasteiger partial charge is 0.400 e. The van der Waals surface area contributed by atoms with E-state index >= 15 is 0 Å². The molecule has 0 aliphatic carbocycles. The predicted octanol–water partition coefficient (Wildman–Crippen LogP) is 5.24. The van der Waals surface area contributed by atoms with Crippen molar-refractivity contribution in [1.82, 2.24) is 4.90 Å². The lowest BCUT2D eigenvalue weighted by Gasteiger charge is -2.47. The third-order valence-corrected chi connectivity index (χ3v) is 6.46. The zero-order valence-corrected chi connectivity index (χ0v) is 20.4. The first-order valence-electron chi connectivity index (χ1n) is 11.2. The van der Waals surface area contributed by atoms with Gasteiger partial charge in [-0.15, -0.1) is 0 Å². The summed E-state index contributed by atoms with van der Waals surface area (Å²) >= 11 is 6.67. The molecule has 2 aromatic carbocycles. The van der Waals surface area contributed by atoms with Crippen molar-refractivity contribution in [2.24, 2.45) is 11.7 Å². The summed E-state index contributed by atoms with van der Waals surface area (Å²) in [5.74, 6) is -0.924. The second kappa shape index (κ2) is 11.5. The van der Waals surface area contributed by atoms with Crippen LogP contribution in [0.2, 0.25) is 5.02 Å². The highest BCUT2D eigenvalue weighted by atomic mass is 35.5. The van der Waals surface area contributed by atoms with E-state index in [1.165, 1.54) is 0 Å². The van der Waals surface area contributed by atoms with Gasteiger partial charge in [0, 0.05) is 23.7 Å². The summed E-state index contributed by atoms with van der Waals surface area (Å²) in [6, 6.07) is 12.6. The summed E-state index contributed by atoms with van der Waals surface area (Å²) < 4.78 is 0. The summed E-state index contributed by atoms with van der Waals surface area (Å²) in [5, 5.41) is 7.56. The molecule has 3 N–H and O–H groups in total. The highest BCUT2D eigenvalue weighted by Gasteiger charge is 2.46. The van der Waals surface area contributed by atoms with Crippen LogP contribution < -0.4 is 5.73 Å². The summed E-state index contributed by atoms with van der Waals surface area (Å²) in [5.41, 5.74) is 9.00. The molecule has 0 fully saturated rings. The van der Waals surface area contributed by atoms with Gasteiger partial charge in [0.2, 0.25) is 5.91 Å². The number of amides is 2. The number of rotatable bonds is 7. The van der Waals surface area contributed by atoms with Gasteiger partial charge in [-0.1, -0.05) is 75.5 Å². The normalized spacial score (nSPS) is 18.6. The van der Waals surface area contributed by atoms with E-state index in [-0.39, 0.29) is 17.9 Å². The van der Waals surface area contributed by atoms with Gasteiger partial charge in [0.15, 0.2) is 0 Å². The van der Waals surface area contributed by atoms with E-state index in [1.807, 2.05) is 48.2 Å². The van der Waals surface area contributed by atoms with Gasteiger partial charge < -0.3 is 15.7 Å². The minimum absolute atomic E-state index is 0.0185. The highest BCUT2D eigenvalue weighted by molar-refractivity contribution is 6.31. The first-order chi connectivity index (χ1) is 15.3. The number of primary amides is 1. The Kier molecular flexibility index (Phi) is 9.29. The number of carbonyl (C=O) groups is 2. The molecule has 1 aliphatic heterocycles. The van der Waals surface area contributed by atoms with Gasteiger partial charge in [-0.3, -0.25) is 9.59 Å². The molecule has 0 saturated heterocycles. The van der Waals surface area contributed by atoms with Crippen molar-refractivity contribution in [3.63, 3.8) is 0 Å². The number of halogens is 1. The summed E-state index contributed by atoms with van der Waals surface area (Å²) in [6.07, 6.45) is 2.91. The molecule has 2 amide bonds. The van der Waals surface area contributed by atoms with Gasteiger partial charge in [-0.2, -0.15) is 0 Å². The van der Waals surface area contributed by atoms with Crippen LogP contribution in [-0.2, 0) is 4.79 Å². The van der Waals surface area contributed by atoms with E-state index in [0.717, 1.165) is 37.5 Å². The van der Waals surface area contributed by atoms with Gasteiger partial charge in [-0.05, 0) is 48.1 Å². The van der Waals surface area contributed by atoms with Gasteiger partial charge in [0.1, 0.15) is 0 Å². The maximum Gasteiger partial charge on any atom is 0.254 e. The topological polar surface area (TPSA) is 83.6 Å². The lowest BCUT2D eigenvalue weighted by atomic mass is 9.77. The smallest absolute Gasteiger partial charge is 0.254 e. The molecule has 5 nitrogen and oxygen atoms in total. The van der Waals surface area contributed by atoms with Crippen LogP contribution in [0.15, 0.2) is 42.5 Å². The SMILES string of the molecule is CCCCC(C(C)C)N1C(=O)c2ccccc2C(C(N)=O)C1c1ccc(C)cc1Cl.CO. The lowest BCUT2D eigenvalue weighted by molar-refractivity contribution is -0.121. The van der Waals surface area contributed by atoms with Crippen molar-refractivity contribution in [1.29, 1.82) is 0 Å². The fourth-order valence-corrected chi connectivity index (χ4v) is 4.98. The number of unbranched alkanes of at least 4 members (excludes halogenated alkanes) is 1. The number of hydrogen-bond donors (Lipinski definition) is 2. The van der Waals surface area contributed by atoms with Crippen LogP contribution in [0.1, 0.15) is 79.0 Å². The van der Waals surface area contributed by atoms with Crippen LogP contribution in [-0.4, -0.2) is 35.0 Å². The molecule has 174 valence electrons. The number of aryl methyl sites for hydroxylation is 1. The molecule has 32 heavy (non-hydrogen) atoms. The number of carbonyl (C=O) groups excluding carboxylic acids is 2. The molecule has 1 aliphatic rings. The minimum Gasteiger partial charge on any atom is -0.400 e. The lowest BCUT2D eigenvalue weighted by Crippen LogP contribution is -2.52. The minimum atomic E-state index is -0.651. The molecular weight excluding hydrogens is 424 g/mol. The molecule has 0 radical (unpaired) electrons. The Morgan fingerprint density at radius 3 is 2.38 bits per heavy atom. The molecule has 3 rings (SSSR count). The van der Waals surface area contributed by atoms with Gasteiger partial charge in [0.05, 0.1) is 12.0 Å². The van der Waals surface area contributed by atoms with Crippen molar-refractivity contribution in [2.75, 3.05) is 7.11 Å². The van der Waals surface area contributed by atoms with Crippen molar-refractivity contribution in [3.05, 3.63) is 69.7 Å². The molecule has 2 aromatic rings. The zero-order chi connectivity index (χ0) is 24.0. The fraction of sp³-hybridized carbons (Fsp3) is 0.462. The Bertz CT molecular complexity index is 944. The van der Waals surface area contributed by atoms with E-state index in [9.17, 15) is 9.59 Å². The molecule has 0 aromatic heterocycles. The van der Waals surface area contributed by atoms with E-state index in [0.29, 0.717) is 16.1 Å². The van der Waals surface area contributed by atoms with Crippen LogP contribution in [0.25, 0.3) is 0 Å². The second-order valence-electron chi connectivity index (χ2n) is 8.60.